The summed E-state index contributed by atoms with van der Waals surface area (Å²) in [7, 11) is 0. The highest BCUT2D eigenvalue weighted by Gasteiger charge is 2.56. The van der Waals surface area contributed by atoms with Crippen LogP contribution in [0.2, 0.25) is 5.02 Å². The van der Waals surface area contributed by atoms with Crippen LogP contribution in [0.3, 0.4) is 0 Å². The number of amides is 2. The van der Waals surface area contributed by atoms with E-state index in [2.05, 4.69) is 12.2 Å². The topological polar surface area (TPSA) is 74.7 Å². The molecule has 2 bridgehead atoms. The quantitative estimate of drug-likeness (QED) is 0.668. The molecule has 5 nitrogen and oxygen atoms in total. The molecule has 3 aliphatic carbocycles. The van der Waals surface area contributed by atoms with Crippen LogP contribution in [0.1, 0.15) is 23.2 Å². The fourth-order valence-electron chi connectivity index (χ4n) is 4.14. The van der Waals surface area contributed by atoms with Crippen LogP contribution in [0.4, 0.5) is 5.69 Å². The first-order valence-electron chi connectivity index (χ1n) is 7.58. The first-order chi connectivity index (χ1) is 11.0. The third-order valence-electron chi connectivity index (χ3n) is 5.20. The Hall–Kier alpha value is -2.14. The number of aromatic carboxylic acids is 1. The average molecular weight is 332 g/mol. The van der Waals surface area contributed by atoms with Crippen molar-refractivity contribution in [2.45, 2.75) is 12.8 Å². The van der Waals surface area contributed by atoms with Crippen molar-refractivity contribution in [2.75, 3.05) is 4.90 Å². The second-order valence-electron chi connectivity index (χ2n) is 6.32. The smallest absolute Gasteiger partial charge is 0.337 e. The molecule has 0 unspecified atom stereocenters. The van der Waals surface area contributed by atoms with Crippen molar-refractivity contribution in [1.29, 1.82) is 0 Å². The molecule has 0 radical (unpaired) electrons. The molecule has 1 heterocycles. The van der Waals surface area contributed by atoms with Gasteiger partial charge in [0.05, 0.1) is 28.1 Å². The van der Waals surface area contributed by atoms with Crippen molar-refractivity contribution in [1.82, 2.24) is 0 Å². The molecule has 1 saturated carbocycles. The van der Waals surface area contributed by atoms with E-state index in [0.29, 0.717) is 0 Å². The largest absolute Gasteiger partial charge is 0.478 e. The molecule has 1 aromatic rings. The number of anilines is 1. The zero-order valence-corrected chi connectivity index (χ0v) is 12.9. The summed E-state index contributed by atoms with van der Waals surface area (Å²) in [5, 5.41) is 9.27. The second kappa shape index (κ2) is 4.93. The van der Waals surface area contributed by atoms with Crippen molar-refractivity contribution in [3.8, 4) is 0 Å². The molecule has 0 aromatic heterocycles. The summed E-state index contributed by atoms with van der Waals surface area (Å²) in [6.45, 7) is 0. The third kappa shape index (κ3) is 1.96. The highest BCUT2D eigenvalue weighted by atomic mass is 35.5. The van der Waals surface area contributed by atoms with Crippen molar-refractivity contribution < 1.29 is 19.5 Å². The van der Waals surface area contributed by atoms with E-state index in [-0.39, 0.29) is 51.8 Å². The molecule has 4 aliphatic rings. The van der Waals surface area contributed by atoms with Crippen LogP contribution in [0, 0.1) is 23.7 Å². The molecule has 0 spiro atoms. The van der Waals surface area contributed by atoms with Crippen LogP contribution in [-0.4, -0.2) is 22.9 Å². The number of imide groups is 1. The van der Waals surface area contributed by atoms with Crippen LogP contribution in [0.25, 0.3) is 0 Å². The number of halogens is 1. The predicted octanol–water partition coefficient (Wildman–Crippen LogP) is 2.74. The van der Waals surface area contributed by atoms with Gasteiger partial charge in [0, 0.05) is 0 Å². The molecule has 1 N–H and O–H groups in total. The van der Waals surface area contributed by atoms with Gasteiger partial charge in [-0.05, 0) is 42.9 Å². The van der Waals surface area contributed by atoms with Gasteiger partial charge in [-0.3, -0.25) is 9.59 Å². The summed E-state index contributed by atoms with van der Waals surface area (Å²) in [6, 6.07) is 4.24. The van der Waals surface area contributed by atoms with Gasteiger partial charge in [-0.1, -0.05) is 23.8 Å². The van der Waals surface area contributed by atoms with E-state index in [0.717, 1.165) is 17.7 Å². The average Bonchev–Trinajstić information content (AvgIpc) is 2.83. The number of carboxylic acids is 1. The maximum absolute atomic E-state index is 12.8. The van der Waals surface area contributed by atoms with Crippen LogP contribution in [-0.2, 0) is 9.59 Å². The number of rotatable bonds is 2. The number of carboxylic acid groups (broad SMARTS) is 1. The van der Waals surface area contributed by atoms with Crippen LogP contribution in [0.15, 0.2) is 30.4 Å². The summed E-state index contributed by atoms with van der Waals surface area (Å²) >= 11 is 5.87. The van der Waals surface area contributed by atoms with E-state index in [4.69, 9.17) is 11.6 Å². The monoisotopic (exact) mass is 331 g/mol. The van der Waals surface area contributed by atoms with Crippen LogP contribution in [0.5, 0.6) is 0 Å². The van der Waals surface area contributed by atoms with Gasteiger partial charge >= 0.3 is 5.97 Å². The minimum absolute atomic E-state index is 0.0829. The third-order valence-corrected chi connectivity index (χ3v) is 5.53. The molecule has 23 heavy (non-hydrogen) atoms. The Labute approximate surface area is 137 Å². The zero-order valence-electron chi connectivity index (χ0n) is 12.1. The zero-order chi connectivity index (χ0) is 16.3. The van der Waals surface area contributed by atoms with E-state index in [9.17, 15) is 19.5 Å². The van der Waals surface area contributed by atoms with E-state index < -0.39 is 5.97 Å². The van der Waals surface area contributed by atoms with E-state index in [1.165, 1.54) is 18.2 Å². The standard InChI is InChI=1S/C17H14ClNO4/c18-12-6-5-10(7-11(12)17(22)23)19-15(20)13-8-1-2-9(4-3-8)14(13)16(19)21/h1-2,5-9,13-14H,3-4H2,(H,22,23)/t8-,9+,13-,14-/m1/s1. The molecule has 1 aliphatic heterocycles. The minimum Gasteiger partial charge on any atom is -0.478 e. The molecule has 4 atom stereocenters. The Kier molecular flexibility index (Phi) is 3.10. The Morgan fingerprint density at radius 3 is 2.13 bits per heavy atom. The number of carbonyl (C=O) groups excluding carboxylic acids is 2. The highest BCUT2D eigenvalue weighted by Crippen LogP contribution is 2.50. The SMILES string of the molecule is O=C(O)c1cc(N2C(=O)[C@H]3[C@H](C2=O)[C@H]2C=C[C@@H]3CC2)ccc1Cl. The van der Waals surface area contributed by atoms with Crippen molar-refractivity contribution in [3.05, 3.63) is 40.9 Å². The lowest BCUT2D eigenvalue weighted by molar-refractivity contribution is -0.124. The summed E-state index contributed by atoms with van der Waals surface area (Å²) in [6.07, 6.45) is 5.95. The van der Waals surface area contributed by atoms with E-state index in [1.807, 2.05) is 0 Å². The van der Waals surface area contributed by atoms with Crippen molar-refractivity contribution >= 4 is 35.1 Å². The van der Waals surface area contributed by atoms with E-state index in [1.54, 1.807) is 0 Å². The maximum Gasteiger partial charge on any atom is 0.337 e. The van der Waals surface area contributed by atoms with Gasteiger partial charge in [-0.15, -0.1) is 0 Å². The maximum atomic E-state index is 12.8. The minimum atomic E-state index is -1.19. The lowest BCUT2D eigenvalue weighted by Crippen LogP contribution is -2.38. The molecule has 2 fully saturated rings. The van der Waals surface area contributed by atoms with Gasteiger partial charge in [0.1, 0.15) is 0 Å². The summed E-state index contributed by atoms with van der Waals surface area (Å²) in [5.41, 5.74) is 0.177. The van der Waals surface area contributed by atoms with Gasteiger partial charge < -0.3 is 5.11 Å². The number of benzene rings is 1. The fraction of sp³-hybridized carbons (Fsp3) is 0.353. The Bertz CT molecular complexity index is 740. The first-order valence-corrected chi connectivity index (χ1v) is 7.96. The lowest BCUT2D eigenvalue weighted by Gasteiger charge is -2.38. The Morgan fingerprint density at radius 1 is 1.09 bits per heavy atom. The number of carbonyl (C=O) groups is 3. The number of hydrogen-bond donors (Lipinski definition) is 1. The van der Waals surface area contributed by atoms with Gasteiger partial charge in [-0.25, -0.2) is 9.69 Å². The van der Waals surface area contributed by atoms with Crippen LogP contribution < -0.4 is 4.90 Å². The molecule has 1 aromatic carbocycles. The number of allylic oxidation sites excluding steroid dienone is 2. The molecule has 1 saturated heterocycles. The molecular formula is C17H14ClNO4. The van der Waals surface area contributed by atoms with Crippen molar-refractivity contribution in [3.63, 3.8) is 0 Å². The normalized spacial score (nSPS) is 31.6. The van der Waals surface area contributed by atoms with Gasteiger partial charge in [0.15, 0.2) is 0 Å². The number of fused-ring (bicyclic) bond motifs is 1. The fourth-order valence-corrected chi connectivity index (χ4v) is 4.34. The molecule has 5 rings (SSSR count). The molecule has 118 valence electrons. The van der Waals surface area contributed by atoms with Gasteiger partial charge in [0.2, 0.25) is 11.8 Å². The van der Waals surface area contributed by atoms with Gasteiger partial charge in [0.25, 0.3) is 0 Å². The number of nitrogens with zero attached hydrogens (tertiary/aromatic N) is 1. The molecule has 2 amide bonds. The molecular weight excluding hydrogens is 318 g/mol. The highest BCUT2D eigenvalue weighted by molar-refractivity contribution is 6.34. The van der Waals surface area contributed by atoms with Gasteiger partial charge in [-0.2, -0.15) is 0 Å². The summed E-state index contributed by atoms with van der Waals surface area (Å²) in [4.78, 5) is 38.0. The predicted molar refractivity (Wildman–Crippen MR) is 83.2 cm³/mol. The lowest BCUT2D eigenvalue weighted by atomic mass is 9.63. The second-order valence-corrected chi connectivity index (χ2v) is 6.73. The van der Waals surface area contributed by atoms with Crippen molar-refractivity contribution in [2.24, 2.45) is 23.7 Å². The molecule has 6 heteroatoms. The summed E-state index contributed by atoms with van der Waals surface area (Å²) < 4.78 is 0. The van der Waals surface area contributed by atoms with E-state index >= 15 is 0 Å². The first kappa shape index (κ1) is 14.5. The van der Waals surface area contributed by atoms with Crippen LogP contribution >= 0.6 is 11.6 Å². The Morgan fingerprint density at radius 2 is 1.65 bits per heavy atom. The number of hydrogen-bond acceptors (Lipinski definition) is 3. The summed E-state index contributed by atoms with van der Waals surface area (Å²) in [5.74, 6) is -2.04. The Balaban J connectivity index is 1.76.